The molecule has 0 amide bonds. The molecule has 0 radical (unpaired) electrons. The fourth-order valence-electron chi connectivity index (χ4n) is 3.37. The number of hydrogen-bond acceptors (Lipinski definition) is 1. The first-order chi connectivity index (χ1) is 9.37. The highest BCUT2D eigenvalue weighted by Crippen LogP contribution is 2.45. The molecule has 2 atom stereocenters. The molecule has 1 aliphatic carbocycles. The van der Waals surface area contributed by atoms with Crippen LogP contribution >= 0.6 is 11.6 Å². The van der Waals surface area contributed by atoms with Gasteiger partial charge in [0.1, 0.15) is 11.6 Å². The van der Waals surface area contributed by atoms with E-state index < -0.39 is 0 Å². The number of alkyl halides is 1. The van der Waals surface area contributed by atoms with E-state index in [4.69, 9.17) is 11.6 Å². The van der Waals surface area contributed by atoms with Crippen molar-refractivity contribution in [3.05, 3.63) is 29.8 Å². The van der Waals surface area contributed by atoms with Crippen molar-refractivity contribution in [3.8, 4) is 0 Å². The third-order valence-electron chi connectivity index (χ3n) is 4.34. The van der Waals surface area contributed by atoms with E-state index in [-0.39, 0.29) is 11.2 Å². The standard InChI is InChI=1S/C16H20ClFN2/c1-10(17)15-19-13-8-11(18)4-5-14(13)20(15)12-6-7-16(2,3)9-12/h4-5,8,10,12H,6-7,9H2,1-3H3. The van der Waals surface area contributed by atoms with Gasteiger partial charge in [0.2, 0.25) is 0 Å². The summed E-state index contributed by atoms with van der Waals surface area (Å²) in [6.07, 6.45) is 3.45. The number of fused-ring (bicyclic) bond motifs is 1. The second-order valence-corrected chi connectivity index (χ2v) is 7.30. The number of nitrogens with zero attached hydrogens (tertiary/aromatic N) is 2. The van der Waals surface area contributed by atoms with E-state index >= 15 is 0 Å². The van der Waals surface area contributed by atoms with Crippen LogP contribution in [0.15, 0.2) is 18.2 Å². The number of benzene rings is 1. The highest BCUT2D eigenvalue weighted by Gasteiger charge is 2.34. The minimum absolute atomic E-state index is 0.172. The lowest BCUT2D eigenvalue weighted by molar-refractivity contribution is 0.358. The van der Waals surface area contributed by atoms with Crippen LogP contribution < -0.4 is 0 Å². The van der Waals surface area contributed by atoms with Crippen LogP contribution in [0.25, 0.3) is 11.0 Å². The van der Waals surface area contributed by atoms with E-state index in [0.717, 1.165) is 24.2 Å². The van der Waals surface area contributed by atoms with Gasteiger partial charge in [0.05, 0.1) is 16.4 Å². The van der Waals surface area contributed by atoms with Crippen LogP contribution in [0.1, 0.15) is 57.3 Å². The van der Waals surface area contributed by atoms with Gasteiger partial charge in [0.15, 0.2) is 0 Å². The number of halogens is 2. The molecule has 0 aliphatic heterocycles. The Hall–Kier alpha value is -1.09. The molecule has 0 spiro atoms. The van der Waals surface area contributed by atoms with Gasteiger partial charge >= 0.3 is 0 Å². The van der Waals surface area contributed by atoms with Crippen LogP contribution in [0.4, 0.5) is 4.39 Å². The van der Waals surface area contributed by atoms with E-state index in [1.165, 1.54) is 18.6 Å². The lowest BCUT2D eigenvalue weighted by Crippen LogP contribution is -2.12. The number of hydrogen-bond donors (Lipinski definition) is 0. The molecule has 0 bridgehead atoms. The Morgan fingerprint density at radius 3 is 2.80 bits per heavy atom. The molecule has 1 saturated carbocycles. The Balaban J connectivity index is 2.15. The summed E-state index contributed by atoms with van der Waals surface area (Å²) in [6, 6.07) is 5.24. The van der Waals surface area contributed by atoms with Crippen LogP contribution in [0.5, 0.6) is 0 Å². The molecular weight excluding hydrogens is 275 g/mol. The normalized spacial score (nSPS) is 23.4. The molecule has 3 rings (SSSR count). The second kappa shape index (κ2) is 4.73. The van der Waals surface area contributed by atoms with Crippen molar-refractivity contribution < 1.29 is 4.39 Å². The third-order valence-corrected chi connectivity index (χ3v) is 4.54. The smallest absolute Gasteiger partial charge is 0.127 e. The summed E-state index contributed by atoms with van der Waals surface area (Å²) in [7, 11) is 0. The van der Waals surface area contributed by atoms with E-state index in [9.17, 15) is 4.39 Å². The van der Waals surface area contributed by atoms with E-state index in [2.05, 4.69) is 23.4 Å². The van der Waals surface area contributed by atoms with Crippen molar-refractivity contribution in [1.29, 1.82) is 0 Å². The zero-order valence-corrected chi connectivity index (χ0v) is 12.9. The van der Waals surface area contributed by atoms with Gasteiger partial charge < -0.3 is 4.57 Å². The van der Waals surface area contributed by atoms with Gasteiger partial charge in [-0.2, -0.15) is 0 Å². The molecule has 2 aromatic rings. The van der Waals surface area contributed by atoms with E-state index in [1.807, 2.05) is 13.0 Å². The van der Waals surface area contributed by atoms with E-state index in [0.29, 0.717) is 17.0 Å². The van der Waals surface area contributed by atoms with Gasteiger partial charge in [0, 0.05) is 12.1 Å². The minimum atomic E-state index is -0.248. The summed E-state index contributed by atoms with van der Waals surface area (Å²) in [5.74, 6) is 0.609. The van der Waals surface area contributed by atoms with E-state index in [1.54, 1.807) is 0 Å². The van der Waals surface area contributed by atoms with Crippen molar-refractivity contribution in [2.45, 2.75) is 51.5 Å². The van der Waals surface area contributed by atoms with Crippen molar-refractivity contribution >= 4 is 22.6 Å². The largest absolute Gasteiger partial charge is 0.324 e. The van der Waals surface area contributed by atoms with Gasteiger partial charge in [-0.05, 0) is 43.7 Å². The van der Waals surface area contributed by atoms with Gasteiger partial charge in [-0.25, -0.2) is 9.37 Å². The fraction of sp³-hybridized carbons (Fsp3) is 0.562. The molecule has 0 N–H and O–H groups in total. The molecule has 1 aromatic heterocycles. The van der Waals surface area contributed by atoms with Crippen LogP contribution in [0, 0.1) is 11.2 Å². The maximum absolute atomic E-state index is 13.4. The quantitative estimate of drug-likeness (QED) is 0.694. The zero-order valence-electron chi connectivity index (χ0n) is 12.2. The molecule has 1 aromatic carbocycles. The Bertz CT molecular complexity index is 645. The van der Waals surface area contributed by atoms with Crippen molar-refractivity contribution in [2.75, 3.05) is 0 Å². The van der Waals surface area contributed by atoms with Gasteiger partial charge in [-0.15, -0.1) is 11.6 Å². The van der Waals surface area contributed by atoms with Gasteiger partial charge in [-0.1, -0.05) is 13.8 Å². The predicted octanol–water partition coefficient (Wildman–Crippen LogP) is 5.23. The Morgan fingerprint density at radius 1 is 1.45 bits per heavy atom. The maximum Gasteiger partial charge on any atom is 0.127 e. The molecular formula is C16H20ClFN2. The molecule has 4 heteroatoms. The van der Waals surface area contributed by atoms with Gasteiger partial charge in [-0.3, -0.25) is 0 Å². The van der Waals surface area contributed by atoms with Crippen LogP contribution in [-0.4, -0.2) is 9.55 Å². The molecule has 1 heterocycles. The number of aromatic nitrogens is 2. The van der Waals surface area contributed by atoms with Crippen LogP contribution in [0.2, 0.25) is 0 Å². The van der Waals surface area contributed by atoms with Crippen molar-refractivity contribution in [3.63, 3.8) is 0 Å². The average molecular weight is 295 g/mol. The summed E-state index contributed by atoms with van der Waals surface area (Å²) in [5, 5.41) is -0.172. The summed E-state index contributed by atoms with van der Waals surface area (Å²) < 4.78 is 15.6. The topological polar surface area (TPSA) is 17.8 Å². The number of imidazole rings is 1. The Morgan fingerprint density at radius 2 is 2.20 bits per heavy atom. The first-order valence-corrected chi connectivity index (χ1v) is 7.62. The van der Waals surface area contributed by atoms with Crippen molar-refractivity contribution in [2.24, 2.45) is 5.41 Å². The first kappa shape index (κ1) is 13.9. The minimum Gasteiger partial charge on any atom is -0.324 e. The Kier molecular flexibility index (Phi) is 3.28. The molecule has 108 valence electrons. The Labute approximate surface area is 123 Å². The monoisotopic (exact) mass is 294 g/mol. The molecule has 1 fully saturated rings. The molecule has 1 aliphatic rings. The van der Waals surface area contributed by atoms with Crippen LogP contribution in [-0.2, 0) is 0 Å². The molecule has 0 saturated heterocycles. The number of rotatable bonds is 2. The lowest BCUT2D eigenvalue weighted by Gasteiger charge is -2.21. The average Bonchev–Trinajstić information content (AvgIpc) is 2.88. The van der Waals surface area contributed by atoms with Crippen LogP contribution in [0.3, 0.4) is 0 Å². The van der Waals surface area contributed by atoms with Gasteiger partial charge in [0.25, 0.3) is 0 Å². The fourth-order valence-corrected chi connectivity index (χ4v) is 3.53. The SMILES string of the molecule is CC(Cl)c1nc2cc(F)ccc2n1C1CCC(C)(C)C1. The summed E-state index contributed by atoms with van der Waals surface area (Å²) in [5.41, 5.74) is 2.06. The summed E-state index contributed by atoms with van der Waals surface area (Å²) >= 11 is 6.29. The first-order valence-electron chi connectivity index (χ1n) is 7.19. The molecule has 2 nitrogen and oxygen atoms in total. The summed E-state index contributed by atoms with van der Waals surface area (Å²) in [4.78, 5) is 4.56. The third kappa shape index (κ3) is 2.32. The highest BCUT2D eigenvalue weighted by molar-refractivity contribution is 6.20. The zero-order chi connectivity index (χ0) is 14.5. The predicted molar refractivity (Wildman–Crippen MR) is 80.6 cm³/mol. The molecule has 2 unspecified atom stereocenters. The lowest BCUT2D eigenvalue weighted by atomic mass is 9.92. The second-order valence-electron chi connectivity index (χ2n) is 6.65. The summed E-state index contributed by atoms with van der Waals surface area (Å²) in [6.45, 7) is 6.53. The molecule has 20 heavy (non-hydrogen) atoms. The van der Waals surface area contributed by atoms with Crippen molar-refractivity contribution in [1.82, 2.24) is 9.55 Å². The maximum atomic E-state index is 13.4. The highest BCUT2D eigenvalue weighted by atomic mass is 35.5.